The normalized spacial score (nSPS) is 11.0. The van der Waals surface area contributed by atoms with Gasteiger partial charge in [0, 0.05) is 5.69 Å². The van der Waals surface area contributed by atoms with Crippen LogP contribution in [0, 0.1) is 11.6 Å². The molecule has 1 amide bonds. The van der Waals surface area contributed by atoms with Gasteiger partial charge in [-0.05, 0) is 42.5 Å². The summed E-state index contributed by atoms with van der Waals surface area (Å²) in [5.74, 6) is -1.28. The Hall–Kier alpha value is -3.48. The van der Waals surface area contributed by atoms with Gasteiger partial charge in [-0.25, -0.2) is 8.78 Å². The van der Waals surface area contributed by atoms with E-state index in [4.69, 9.17) is 0 Å². The van der Waals surface area contributed by atoms with E-state index in [1.54, 1.807) is 30.3 Å². The number of benzene rings is 2. The van der Waals surface area contributed by atoms with Crippen LogP contribution in [-0.4, -0.2) is 21.1 Å². The molecular weight excluding hydrogens is 326 g/mol. The fourth-order valence-corrected chi connectivity index (χ4v) is 2.66. The highest BCUT2D eigenvalue weighted by molar-refractivity contribution is 6.04. The van der Waals surface area contributed by atoms with E-state index in [-0.39, 0.29) is 5.69 Å². The molecule has 25 heavy (non-hydrogen) atoms. The zero-order chi connectivity index (χ0) is 17.4. The van der Waals surface area contributed by atoms with Crippen LogP contribution in [-0.2, 0) is 0 Å². The number of nitrogens with zero attached hydrogens (tertiary/aromatic N) is 1. The molecule has 0 unspecified atom stereocenters. The van der Waals surface area contributed by atoms with Gasteiger partial charge < -0.3 is 10.3 Å². The molecule has 4 rings (SSSR count). The van der Waals surface area contributed by atoms with Crippen LogP contribution in [0.4, 0.5) is 14.5 Å². The van der Waals surface area contributed by atoms with E-state index in [1.807, 2.05) is 0 Å². The topological polar surface area (TPSA) is 73.6 Å². The van der Waals surface area contributed by atoms with Crippen LogP contribution in [0.3, 0.4) is 0 Å². The highest BCUT2D eigenvalue weighted by atomic mass is 19.1. The molecule has 7 heteroatoms. The molecule has 0 aliphatic carbocycles. The van der Waals surface area contributed by atoms with E-state index in [0.717, 1.165) is 0 Å². The molecule has 0 radical (unpaired) electrons. The van der Waals surface area contributed by atoms with Gasteiger partial charge >= 0.3 is 0 Å². The summed E-state index contributed by atoms with van der Waals surface area (Å²) in [4.78, 5) is 15.2. The third kappa shape index (κ3) is 2.76. The second-order valence-corrected chi connectivity index (χ2v) is 5.48. The minimum Gasteiger partial charge on any atom is -0.349 e. The lowest BCUT2D eigenvalue weighted by Crippen LogP contribution is -2.12. The Kier molecular flexibility index (Phi) is 3.53. The number of anilines is 1. The largest absolute Gasteiger partial charge is 0.349 e. The third-order valence-electron chi connectivity index (χ3n) is 3.81. The summed E-state index contributed by atoms with van der Waals surface area (Å²) >= 11 is 0. The van der Waals surface area contributed by atoms with Crippen molar-refractivity contribution < 1.29 is 13.6 Å². The molecule has 124 valence electrons. The van der Waals surface area contributed by atoms with Crippen molar-refractivity contribution in [2.24, 2.45) is 0 Å². The first-order chi connectivity index (χ1) is 12.1. The lowest BCUT2D eigenvalue weighted by Gasteiger charge is -2.03. The standard InChI is InChI=1S/C18H12F2N4O/c19-10-3-1-4-11(9-10)21-18(25)15-8-7-14(22-15)17-16-12(20)5-2-6-13(16)23-24-17/h1-9,22H,(H,21,25)(H,23,24). The highest BCUT2D eigenvalue weighted by Crippen LogP contribution is 2.27. The maximum atomic E-state index is 14.1. The maximum absolute atomic E-state index is 14.1. The zero-order valence-corrected chi connectivity index (χ0v) is 12.8. The van der Waals surface area contributed by atoms with Crippen molar-refractivity contribution in [3.63, 3.8) is 0 Å². The third-order valence-corrected chi connectivity index (χ3v) is 3.81. The van der Waals surface area contributed by atoms with Gasteiger partial charge in [0.2, 0.25) is 0 Å². The van der Waals surface area contributed by atoms with Crippen molar-refractivity contribution >= 4 is 22.5 Å². The number of hydrogen-bond donors (Lipinski definition) is 3. The Morgan fingerprint density at radius 2 is 1.88 bits per heavy atom. The SMILES string of the molecule is O=C(Nc1cccc(F)c1)c1ccc(-c2n[nH]c3cccc(F)c23)[nH]1. The van der Waals surface area contributed by atoms with Crippen LogP contribution in [0.5, 0.6) is 0 Å². The Labute approximate surface area is 140 Å². The summed E-state index contributed by atoms with van der Waals surface area (Å²) in [5.41, 5.74) is 2.05. The Morgan fingerprint density at radius 3 is 2.72 bits per heavy atom. The predicted octanol–water partition coefficient (Wildman–Crippen LogP) is 4.09. The number of carbonyl (C=O) groups excluding carboxylic acids is 1. The quantitative estimate of drug-likeness (QED) is 0.526. The molecule has 0 fully saturated rings. The molecule has 0 spiro atoms. The molecule has 0 bridgehead atoms. The lowest BCUT2D eigenvalue weighted by molar-refractivity contribution is 0.102. The van der Waals surface area contributed by atoms with Gasteiger partial charge in [-0.15, -0.1) is 0 Å². The van der Waals surface area contributed by atoms with Crippen molar-refractivity contribution in [2.45, 2.75) is 0 Å². The summed E-state index contributed by atoms with van der Waals surface area (Å²) in [5, 5.41) is 9.82. The Morgan fingerprint density at radius 1 is 1.04 bits per heavy atom. The number of amides is 1. The minimum atomic E-state index is -0.441. The maximum Gasteiger partial charge on any atom is 0.272 e. The Balaban J connectivity index is 1.64. The molecule has 2 aromatic heterocycles. The summed E-state index contributed by atoms with van der Waals surface area (Å²) in [6.07, 6.45) is 0. The number of nitrogens with one attached hydrogen (secondary N) is 3. The number of hydrogen-bond acceptors (Lipinski definition) is 2. The highest BCUT2D eigenvalue weighted by Gasteiger charge is 2.16. The van der Waals surface area contributed by atoms with Crippen LogP contribution in [0.2, 0.25) is 0 Å². The first-order valence-corrected chi connectivity index (χ1v) is 7.51. The fourth-order valence-electron chi connectivity index (χ4n) is 2.66. The number of halogens is 2. The summed E-state index contributed by atoms with van der Waals surface area (Å²) in [6.45, 7) is 0. The van der Waals surface area contributed by atoms with Gasteiger partial charge in [-0.1, -0.05) is 12.1 Å². The minimum absolute atomic E-state index is 0.256. The number of rotatable bonds is 3. The molecule has 2 heterocycles. The van der Waals surface area contributed by atoms with Crippen LogP contribution in [0.15, 0.2) is 54.6 Å². The van der Waals surface area contributed by atoms with Crippen molar-refractivity contribution in [1.82, 2.24) is 15.2 Å². The molecule has 0 saturated carbocycles. The summed E-state index contributed by atoms with van der Waals surface area (Å²) in [7, 11) is 0. The number of aromatic amines is 2. The predicted molar refractivity (Wildman–Crippen MR) is 90.2 cm³/mol. The van der Waals surface area contributed by atoms with E-state index in [9.17, 15) is 13.6 Å². The smallest absolute Gasteiger partial charge is 0.272 e. The fraction of sp³-hybridized carbons (Fsp3) is 0. The van der Waals surface area contributed by atoms with Gasteiger partial charge in [0.05, 0.1) is 16.6 Å². The number of H-pyrrole nitrogens is 2. The molecule has 2 aromatic carbocycles. The van der Waals surface area contributed by atoms with Crippen LogP contribution in [0.1, 0.15) is 10.5 Å². The van der Waals surface area contributed by atoms with Crippen molar-refractivity contribution in [2.75, 3.05) is 5.32 Å². The molecule has 0 aliphatic heterocycles. The van der Waals surface area contributed by atoms with Crippen molar-refractivity contribution in [3.05, 3.63) is 71.9 Å². The summed E-state index contributed by atoms with van der Waals surface area (Å²) < 4.78 is 27.3. The van der Waals surface area contributed by atoms with Crippen molar-refractivity contribution in [3.8, 4) is 11.4 Å². The van der Waals surface area contributed by atoms with Crippen LogP contribution >= 0.6 is 0 Å². The van der Waals surface area contributed by atoms with E-state index in [0.29, 0.717) is 28.0 Å². The molecule has 0 aliphatic rings. The first-order valence-electron chi connectivity index (χ1n) is 7.51. The Bertz CT molecular complexity index is 1080. The van der Waals surface area contributed by atoms with E-state index >= 15 is 0 Å². The van der Waals surface area contributed by atoms with Gasteiger partial charge in [0.1, 0.15) is 23.0 Å². The number of carbonyl (C=O) groups is 1. The van der Waals surface area contributed by atoms with Gasteiger partial charge in [-0.3, -0.25) is 9.89 Å². The van der Waals surface area contributed by atoms with Gasteiger partial charge in [-0.2, -0.15) is 5.10 Å². The number of aromatic nitrogens is 3. The monoisotopic (exact) mass is 338 g/mol. The molecule has 0 saturated heterocycles. The number of fused-ring (bicyclic) bond motifs is 1. The second-order valence-electron chi connectivity index (χ2n) is 5.48. The molecule has 3 N–H and O–H groups in total. The molecule has 0 atom stereocenters. The van der Waals surface area contributed by atoms with Gasteiger partial charge in [0.25, 0.3) is 5.91 Å². The zero-order valence-electron chi connectivity index (χ0n) is 12.8. The average Bonchev–Trinajstić information content (AvgIpc) is 3.22. The van der Waals surface area contributed by atoms with Crippen LogP contribution < -0.4 is 5.32 Å². The second kappa shape index (κ2) is 5.86. The van der Waals surface area contributed by atoms with Crippen LogP contribution in [0.25, 0.3) is 22.3 Å². The molecule has 4 aromatic rings. The van der Waals surface area contributed by atoms with Gasteiger partial charge in [0.15, 0.2) is 0 Å². The van der Waals surface area contributed by atoms with E-state index in [1.165, 1.54) is 24.3 Å². The molecular formula is C18H12F2N4O. The van der Waals surface area contributed by atoms with Crippen molar-refractivity contribution in [1.29, 1.82) is 0 Å². The summed E-state index contributed by atoms with van der Waals surface area (Å²) in [6, 6.07) is 13.5. The average molecular weight is 338 g/mol. The first kappa shape index (κ1) is 15.1. The van der Waals surface area contributed by atoms with E-state index < -0.39 is 17.5 Å². The lowest BCUT2D eigenvalue weighted by atomic mass is 10.1. The molecule has 5 nitrogen and oxygen atoms in total. The van der Waals surface area contributed by atoms with E-state index in [2.05, 4.69) is 20.5 Å².